The molecule has 2 heterocycles. The van der Waals surface area contributed by atoms with Crippen LogP contribution >= 0.6 is 0 Å². The third-order valence-corrected chi connectivity index (χ3v) is 8.35. The second-order valence-electron chi connectivity index (χ2n) is 11.0. The molecule has 0 bridgehead atoms. The summed E-state index contributed by atoms with van der Waals surface area (Å²) in [5.41, 5.74) is 6.52. The number of nitro groups is 1. The molecule has 1 aliphatic heterocycles. The Morgan fingerprint density at radius 2 is 1.52 bits per heavy atom. The number of rotatable bonds is 8. The number of carbonyl (C=O) groups is 1. The van der Waals surface area contributed by atoms with E-state index in [0.717, 1.165) is 40.7 Å². The van der Waals surface area contributed by atoms with Gasteiger partial charge in [0.25, 0.3) is 5.69 Å². The minimum absolute atomic E-state index is 0.0478. The van der Waals surface area contributed by atoms with Crippen LogP contribution in [0.5, 0.6) is 0 Å². The first-order chi connectivity index (χ1) is 20.5. The fourth-order valence-corrected chi connectivity index (χ4v) is 6.13. The van der Waals surface area contributed by atoms with E-state index in [1.165, 1.54) is 11.3 Å². The number of non-ortho nitro benzene ring substituents is 1. The highest BCUT2D eigenvalue weighted by atomic mass is 16.6. The topological polar surface area (TPSA) is 71.6 Å². The van der Waals surface area contributed by atoms with Crippen LogP contribution in [0.1, 0.15) is 34.6 Å². The predicted molar refractivity (Wildman–Crippen MR) is 167 cm³/mol. The van der Waals surface area contributed by atoms with Crippen LogP contribution in [0.4, 0.5) is 11.4 Å². The summed E-state index contributed by atoms with van der Waals surface area (Å²) in [6.45, 7) is 5.65. The molecule has 0 N–H and O–H groups in total. The normalized spacial score (nSPS) is 14.2. The number of amides is 1. The SMILES string of the molecule is Cc1ccccc1N1CCN(C(=O)C[C@H](c2ccccc2)c2cn(Cc3ccccc3)c3ccc([N+](=O)[O-])cc23)CC1. The molecule has 0 radical (unpaired) electrons. The third kappa shape index (κ3) is 5.63. The number of aryl methyl sites for hydroxylation is 1. The van der Waals surface area contributed by atoms with Crippen molar-refractivity contribution in [1.29, 1.82) is 0 Å². The predicted octanol–water partition coefficient (Wildman–Crippen LogP) is 6.78. The van der Waals surface area contributed by atoms with Crippen molar-refractivity contribution < 1.29 is 9.72 Å². The van der Waals surface area contributed by atoms with Gasteiger partial charge in [-0.25, -0.2) is 0 Å². The molecule has 4 aromatic carbocycles. The maximum absolute atomic E-state index is 13.9. The van der Waals surface area contributed by atoms with Crippen molar-refractivity contribution in [3.8, 4) is 0 Å². The van der Waals surface area contributed by atoms with E-state index in [2.05, 4.69) is 52.9 Å². The van der Waals surface area contributed by atoms with Gasteiger partial charge in [-0.15, -0.1) is 0 Å². The van der Waals surface area contributed by atoms with Crippen molar-refractivity contribution in [1.82, 2.24) is 9.47 Å². The Hall–Kier alpha value is -4.91. The number of nitro benzene ring substituents is 1. The highest BCUT2D eigenvalue weighted by Crippen LogP contribution is 2.37. The molecule has 1 aromatic heterocycles. The van der Waals surface area contributed by atoms with Crippen molar-refractivity contribution in [2.45, 2.75) is 25.8 Å². The quantitative estimate of drug-likeness (QED) is 0.156. The number of benzene rings is 4. The summed E-state index contributed by atoms with van der Waals surface area (Å²) in [5, 5.41) is 12.6. The van der Waals surface area contributed by atoms with Gasteiger partial charge >= 0.3 is 0 Å². The summed E-state index contributed by atoms with van der Waals surface area (Å²) in [7, 11) is 0. The summed E-state index contributed by atoms with van der Waals surface area (Å²) < 4.78 is 2.14. The van der Waals surface area contributed by atoms with E-state index in [-0.39, 0.29) is 22.4 Å². The average molecular weight is 559 g/mol. The van der Waals surface area contributed by atoms with E-state index in [9.17, 15) is 14.9 Å². The Balaban J connectivity index is 1.33. The van der Waals surface area contributed by atoms with Crippen molar-refractivity contribution in [2.24, 2.45) is 0 Å². The molecular formula is C35H34N4O3. The lowest BCUT2D eigenvalue weighted by Gasteiger charge is -2.37. The zero-order valence-electron chi connectivity index (χ0n) is 23.7. The molecule has 5 aromatic rings. The summed E-state index contributed by atoms with van der Waals surface area (Å²) in [6.07, 6.45) is 2.38. The second-order valence-corrected chi connectivity index (χ2v) is 11.0. The van der Waals surface area contributed by atoms with Gasteiger partial charge in [-0.05, 0) is 41.3 Å². The lowest BCUT2D eigenvalue weighted by atomic mass is 9.87. The first-order valence-corrected chi connectivity index (χ1v) is 14.4. The molecule has 1 amide bonds. The van der Waals surface area contributed by atoms with Crippen LogP contribution < -0.4 is 4.90 Å². The first-order valence-electron chi connectivity index (χ1n) is 14.4. The number of para-hydroxylation sites is 1. The lowest BCUT2D eigenvalue weighted by molar-refractivity contribution is -0.384. The van der Waals surface area contributed by atoms with Crippen LogP contribution in [0.3, 0.4) is 0 Å². The van der Waals surface area contributed by atoms with Gasteiger partial charge in [0, 0.05) is 80.0 Å². The molecule has 7 heteroatoms. The zero-order chi connectivity index (χ0) is 29.1. The van der Waals surface area contributed by atoms with E-state index >= 15 is 0 Å². The minimum Gasteiger partial charge on any atom is -0.368 e. The van der Waals surface area contributed by atoms with Crippen LogP contribution in [0.15, 0.2) is 109 Å². The Labute approximate surface area is 245 Å². The Bertz CT molecular complexity index is 1710. The van der Waals surface area contributed by atoms with Gasteiger partial charge in [0.2, 0.25) is 5.91 Å². The number of hydrogen-bond donors (Lipinski definition) is 0. The number of hydrogen-bond acceptors (Lipinski definition) is 4. The van der Waals surface area contributed by atoms with Gasteiger partial charge in [0.1, 0.15) is 0 Å². The smallest absolute Gasteiger partial charge is 0.270 e. The first kappa shape index (κ1) is 27.3. The van der Waals surface area contributed by atoms with Gasteiger partial charge in [-0.1, -0.05) is 78.9 Å². The monoisotopic (exact) mass is 558 g/mol. The van der Waals surface area contributed by atoms with Gasteiger partial charge < -0.3 is 14.4 Å². The van der Waals surface area contributed by atoms with Gasteiger partial charge in [-0.3, -0.25) is 14.9 Å². The van der Waals surface area contributed by atoms with Crippen LogP contribution in [0.2, 0.25) is 0 Å². The van der Waals surface area contributed by atoms with Crippen LogP contribution in [0.25, 0.3) is 10.9 Å². The van der Waals surface area contributed by atoms with Crippen molar-refractivity contribution in [3.05, 3.63) is 142 Å². The minimum atomic E-state index is -0.353. The highest BCUT2D eigenvalue weighted by molar-refractivity contribution is 5.88. The molecule has 1 aliphatic rings. The molecular weight excluding hydrogens is 524 g/mol. The van der Waals surface area contributed by atoms with Crippen molar-refractivity contribution in [2.75, 3.05) is 31.1 Å². The zero-order valence-corrected chi connectivity index (χ0v) is 23.7. The number of nitrogens with zero attached hydrogens (tertiary/aromatic N) is 4. The summed E-state index contributed by atoms with van der Waals surface area (Å²) >= 11 is 0. The number of fused-ring (bicyclic) bond motifs is 1. The van der Waals surface area contributed by atoms with Crippen molar-refractivity contribution >= 4 is 28.2 Å². The maximum Gasteiger partial charge on any atom is 0.270 e. The van der Waals surface area contributed by atoms with Crippen LogP contribution in [0, 0.1) is 17.0 Å². The molecule has 1 fully saturated rings. The highest BCUT2D eigenvalue weighted by Gasteiger charge is 2.28. The second kappa shape index (κ2) is 11.9. The average Bonchev–Trinajstić information content (AvgIpc) is 3.38. The molecule has 0 unspecified atom stereocenters. The summed E-state index contributed by atoms with van der Waals surface area (Å²) in [5.74, 6) is -0.141. The summed E-state index contributed by atoms with van der Waals surface area (Å²) in [6, 6.07) is 33.6. The number of anilines is 1. The molecule has 0 saturated carbocycles. The molecule has 7 nitrogen and oxygen atoms in total. The van der Waals surface area contributed by atoms with Gasteiger partial charge in [0.15, 0.2) is 0 Å². The molecule has 212 valence electrons. The lowest BCUT2D eigenvalue weighted by Crippen LogP contribution is -2.49. The summed E-state index contributed by atoms with van der Waals surface area (Å²) in [4.78, 5) is 29.6. The largest absolute Gasteiger partial charge is 0.368 e. The molecule has 42 heavy (non-hydrogen) atoms. The van der Waals surface area contributed by atoms with E-state index in [4.69, 9.17) is 0 Å². The Morgan fingerprint density at radius 1 is 0.857 bits per heavy atom. The van der Waals surface area contributed by atoms with E-state index in [0.29, 0.717) is 26.1 Å². The number of piperazine rings is 1. The maximum atomic E-state index is 13.9. The van der Waals surface area contributed by atoms with Crippen molar-refractivity contribution in [3.63, 3.8) is 0 Å². The van der Waals surface area contributed by atoms with E-state index < -0.39 is 0 Å². The number of carbonyl (C=O) groups excluding carboxylic acids is 1. The number of aromatic nitrogens is 1. The molecule has 0 aliphatic carbocycles. The van der Waals surface area contributed by atoms with E-state index in [1.54, 1.807) is 12.1 Å². The third-order valence-electron chi connectivity index (χ3n) is 8.35. The molecule has 6 rings (SSSR count). The fourth-order valence-electron chi connectivity index (χ4n) is 6.13. The molecule has 1 atom stereocenters. The van der Waals surface area contributed by atoms with Crippen LogP contribution in [-0.2, 0) is 11.3 Å². The van der Waals surface area contributed by atoms with Gasteiger partial charge in [0.05, 0.1) is 4.92 Å². The Morgan fingerprint density at radius 3 is 2.21 bits per heavy atom. The standard InChI is InChI=1S/C35H34N4O3/c1-26-10-8-9-15-33(26)36-18-20-37(21-19-36)35(40)23-30(28-13-6-3-7-14-28)32-25-38(24-27-11-4-2-5-12-27)34-17-16-29(39(41)42)22-31(32)34/h2-17,22,25,30H,18-21,23-24H2,1H3/t30-/m1/s1. The molecule has 1 saturated heterocycles. The van der Waals surface area contributed by atoms with Crippen LogP contribution in [-0.4, -0.2) is 46.5 Å². The fraction of sp³-hybridized carbons (Fsp3) is 0.229. The van der Waals surface area contributed by atoms with Gasteiger partial charge in [-0.2, -0.15) is 0 Å². The molecule has 0 spiro atoms. The Kier molecular flexibility index (Phi) is 7.73. The van der Waals surface area contributed by atoms with E-state index in [1.807, 2.05) is 65.6 Å².